The number of benzene rings is 1. The number of hydrogen-bond donors (Lipinski definition) is 1. The Kier molecular flexibility index (Phi) is 3.56. The van der Waals surface area contributed by atoms with Crippen LogP contribution in [-0.4, -0.2) is 13.1 Å². The van der Waals surface area contributed by atoms with Crippen molar-refractivity contribution < 1.29 is 13.2 Å². The number of fused-ring (bicyclic) bond motifs is 1. The molecule has 5 heteroatoms. The summed E-state index contributed by atoms with van der Waals surface area (Å²) in [5.74, 6) is 0. The summed E-state index contributed by atoms with van der Waals surface area (Å²) in [5.41, 5.74) is 1.35. The van der Waals surface area contributed by atoms with Gasteiger partial charge in [0.05, 0.1) is 5.56 Å². The molecule has 0 bridgehead atoms. The zero-order chi connectivity index (χ0) is 14.2. The van der Waals surface area contributed by atoms with Crippen LogP contribution in [0.25, 0.3) is 10.4 Å². The predicted molar refractivity (Wildman–Crippen MR) is 75.0 cm³/mol. The Labute approximate surface area is 119 Å². The molecular formula is C15H14F3NS. The van der Waals surface area contributed by atoms with Crippen LogP contribution in [0.4, 0.5) is 13.2 Å². The van der Waals surface area contributed by atoms with E-state index in [2.05, 4.69) is 5.32 Å². The molecule has 1 aliphatic heterocycles. The molecule has 20 heavy (non-hydrogen) atoms. The van der Waals surface area contributed by atoms with Gasteiger partial charge in [-0.15, -0.1) is 11.3 Å². The number of halogens is 3. The molecule has 0 saturated heterocycles. The molecule has 0 fully saturated rings. The van der Waals surface area contributed by atoms with Crippen molar-refractivity contribution >= 4 is 11.3 Å². The molecule has 1 N–H and O–H groups in total. The van der Waals surface area contributed by atoms with Gasteiger partial charge in [0.1, 0.15) is 0 Å². The Bertz CT molecular complexity index is 592. The molecule has 0 unspecified atom stereocenters. The van der Waals surface area contributed by atoms with Crippen molar-refractivity contribution in [2.24, 2.45) is 0 Å². The predicted octanol–water partition coefficient (Wildman–Crippen LogP) is 4.12. The summed E-state index contributed by atoms with van der Waals surface area (Å²) in [4.78, 5) is 2.23. The zero-order valence-corrected chi connectivity index (χ0v) is 11.6. The van der Waals surface area contributed by atoms with E-state index in [1.165, 1.54) is 22.6 Å². The molecule has 2 heterocycles. The Morgan fingerprint density at radius 1 is 1.05 bits per heavy atom. The van der Waals surface area contributed by atoms with Gasteiger partial charge in [0.25, 0.3) is 0 Å². The van der Waals surface area contributed by atoms with Crippen LogP contribution < -0.4 is 5.32 Å². The first-order chi connectivity index (χ1) is 9.54. The highest BCUT2D eigenvalue weighted by Crippen LogP contribution is 2.36. The third-order valence-corrected chi connectivity index (χ3v) is 4.76. The van der Waals surface area contributed by atoms with Gasteiger partial charge in [0.2, 0.25) is 0 Å². The summed E-state index contributed by atoms with van der Waals surface area (Å²) < 4.78 is 38.3. The maximum Gasteiger partial charge on any atom is 0.416 e. The second-order valence-corrected chi connectivity index (χ2v) is 6.02. The Morgan fingerprint density at radius 3 is 2.65 bits per heavy atom. The van der Waals surface area contributed by atoms with Crippen LogP contribution in [0.3, 0.4) is 0 Å². The summed E-state index contributed by atoms with van der Waals surface area (Å²) in [5, 5.41) is 3.33. The van der Waals surface area contributed by atoms with Crippen LogP contribution in [0.2, 0.25) is 0 Å². The molecule has 106 valence electrons. The lowest BCUT2D eigenvalue weighted by Crippen LogP contribution is -2.16. The first-order valence-electron chi connectivity index (χ1n) is 6.54. The maximum atomic E-state index is 12.8. The molecule has 0 spiro atoms. The molecule has 3 rings (SSSR count). The fourth-order valence-electron chi connectivity index (χ4n) is 2.43. The lowest BCUT2D eigenvalue weighted by Gasteiger charge is -2.07. The van der Waals surface area contributed by atoms with Crippen LogP contribution in [0.1, 0.15) is 16.0 Å². The summed E-state index contributed by atoms with van der Waals surface area (Å²) >= 11 is 1.61. The van der Waals surface area contributed by atoms with Crippen LogP contribution in [-0.2, 0) is 19.0 Å². The highest BCUT2D eigenvalue weighted by molar-refractivity contribution is 7.15. The second kappa shape index (κ2) is 5.22. The minimum Gasteiger partial charge on any atom is -0.316 e. The number of nitrogens with one attached hydrogen (secondary N) is 1. The van der Waals surface area contributed by atoms with Crippen LogP contribution >= 0.6 is 11.3 Å². The third kappa shape index (κ3) is 2.74. The largest absolute Gasteiger partial charge is 0.416 e. The fourth-order valence-corrected chi connectivity index (χ4v) is 3.64. The highest BCUT2D eigenvalue weighted by atomic mass is 32.1. The van der Waals surface area contributed by atoms with Gasteiger partial charge in [0, 0.05) is 9.75 Å². The summed E-state index contributed by atoms with van der Waals surface area (Å²) in [6.07, 6.45) is -2.38. The number of alkyl halides is 3. The van der Waals surface area contributed by atoms with Crippen molar-refractivity contribution in [3.05, 3.63) is 46.3 Å². The molecule has 0 aliphatic carbocycles. The van der Waals surface area contributed by atoms with E-state index >= 15 is 0 Å². The van der Waals surface area contributed by atoms with Gasteiger partial charge < -0.3 is 5.32 Å². The van der Waals surface area contributed by atoms with Crippen molar-refractivity contribution in [1.82, 2.24) is 5.32 Å². The van der Waals surface area contributed by atoms with Crippen molar-refractivity contribution in [1.29, 1.82) is 0 Å². The lowest BCUT2D eigenvalue weighted by molar-refractivity contribution is -0.137. The zero-order valence-electron chi connectivity index (χ0n) is 10.8. The van der Waals surface area contributed by atoms with Crippen LogP contribution in [0, 0.1) is 0 Å². The van der Waals surface area contributed by atoms with E-state index in [4.69, 9.17) is 0 Å². The molecular weight excluding hydrogens is 283 g/mol. The fraction of sp³-hybridized carbons (Fsp3) is 0.333. The van der Waals surface area contributed by atoms with Crippen molar-refractivity contribution in [2.45, 2.75) is 19.0 Å². The lowest BCUT2D eigenvalue weighted by atomic mass is 10.1. The SMILES string of the molecule is FC(F)(F)c1cccc(-c2cc3c(s2)CCNCC3)c1. The van der Waals surface area contributed by atoms with E-state index < -0.39 is 11.7 Å². The topological polar surface area (TPSA) is 12.0 Å². The van der Waals surface area contributed by atoms with Gasteiger partial charge in [-0.3, -0.25) is 0 Å². The van der Waals surface area contributed by atoms with Gasteiger partial charge >= 0.3 is 6.18 Å². The van der Waals surface area contributed by atoms with E-state index in [0.29, 0.717) is 5.56 Å². The van der Waals surface area contributed by atoms with E-state index in [9.17, 15) is 13.2 Å². The molecule has 1 aliphatic rings. The van der Waals surface area contributed by atoms with Gasteiger partial charge in [-0.05, 0) is 55.3 Å². The van der Waals surface area contributed by atoms with E-state index in [1.807, 2.05) is 6.07 Å². The van der Waals surface area contributed by atoms with Gasteiger partial charge in [-0.25, -0.2) is 0 Å². The number of thiophene rings is 1. The van der Waals surface area contributed by atoms with Crippen molar-refractivity contribution in [3.63, 3.8) is 0 Å². The molecule has 1 aromatic carbocycles. The number of rotatable bonds is 1. The second-order valence-electron chi connectivity index (χ2n) is 4.89. The summed E-state index contributed by atoms with van der Waals surface area (Å²) in [6, 6.07) is 7.63. The minimum atomic E-state index is -4.28. The summed E-state index contributed by atoms with van der Waals surface area (Å²) in [7, 11) is 0. The van der Waals surface area contributed by atoms with Crippen LogP contribution in [0.15, 0.2) is 30.3 Å². The Hall–Kier alpha value is -1.33. The maximum absolute atomic E-state index is 12.8. The number of hydrogen-bond acceptors (Lipinski definition) is 2. The molecule has 0 amide bonds. The first kappa shape index (κ1) is 13.6. The van der Waals surface area contributed by atoms with Crippen LogP contribution in [0.5, 0.6) is 0 Å². The Balaban J connectivity index is 1.97. The smallest absolute Gasteiger partial charge is 0.316 e. The standard InChI is InChI=1S/C15H14F3NS/c16-15(17,18)12-3-1-2-10(8-12)14-9-11-4-6-19-7-5-13(11)20-14/h1-3,8-9,19H,4-7H2. The van der Waals surface area contributed by atoms with Crippen molar-refractivity contribution in [2.75, 3.05) is 13.1 Å². The van der Waals surface area contributed by atoms with E-state index in [0.717, 1.165) is 36.9 Å². The first-order valence-corrected chi connectivity index (χ1v) is 7.35. The quantitative estimate of drug-likeness (QED) is 0.835. The van der Waals surface area contributed by atoms with E-state index in [-0.39, 0.29) is 0 Å². The minimum absolute atomic E-state index is 0.583. The molecule has 0 radical (unpaired) electrons. The normalized spacial score (nSPS) is 15.8. The average Bonchev–Trinajstić information content (AvgIpc) is 2.69. The monoisotopic (exact) mass is 297 g/mol. The van der Waals surface area contributed by atoms with Crippen molar-refractivity contribution in [3.8, 4) is 10.4 Å². The molecule has 1 aromatic heterocycles. The average molecular weight is 297 g/mol. The Morgan fingerprint density at radius 2 is 1.85 bits per heavy atom. The molecule has 1 nitrogen and oxygen atoms in total. The molecule has 2 aromatic rings. The molecule has 0 saturated carbocycles. The molecule has 0 atom stereocenters. The van der Waals surface area contributed by atoms with Gasteiger partial charge in [0.15, 0.2) is 0 Å². The van der Waals surface area contributed by atoms with Gasteiger partial charge in [-0.1, -0.05) is 12.1 Å². The van der Waals surface area contributed by atoms with Gasteiger partial charge in [-0.2, -0.15) is 13.2 Å². The summed E-state index contributed by atoms with van der Waals surface area (Å²) in [6.45, 7) is 1.88. The third-order valence-electron chi connectivity index (χ3n) is 3.47. The highest BCUT2D eigenvalue weighted by Gasteiger charge is 2.30. The van der Waals surface area contributed by atoms with E-state index in [1.54, 1.807) is 17.4 Å².